The zero-order valence-corrected chi connectivity index (χ0v) is 10.3. The van der Waals surface area contributed by atoms with Crippen LogP contribution in [0.2, 0.25) is 0 Å². The van der Waals surface area contributed by atoms with Gasteiger partial charge in [0, 0.05) is 12.0 Å². The smallest absolute Gasteiger partial charge is 0.230 e. The highest BCUT2D eigenvalue weighted by molar-refractivity contribution is 5.94. The topological polar surface area (TPSA) is 59.2 Å². The molecule has 4 heteroatoms. The maximum Gasteiger partial charge on any atom is 0.230 e. The van der Waals surface area contributed by atoms with E-state index >= 15 is 0 Å². The van der Waals surface area contributed by atoms with Gasteiger partial charge in [-0.15, -0.1) is 0 Å². The van der Waals surface area contributed by atoms with Gasteiger partial charge in [-0.3, -0.25) is 9.69 Å². The van der Waals surface area contributed by atoms with E-state index in [-0.39, 0.29) is 17.9 Å². The number of rotatable bonds is 3. The summed E-state index contributed by atoms with van der Waals surface area (Å²) in [7, 11) is 0. The van der Waals surface area contributed by atoms with E-state index in [2.05, 4.69) is 4.98 Å². The molecular formula is C12H19N3O. The van der Waals surface area contributed by atoms with Gasteiger partial charge >= 0.3 is 0 Å². The van der Waals surface area contributed by atoms with Crippen LogP contribution in [0.5, 0.6) is 0 Å². The van der Waals surface area contributed by atoms with E-state index < -0.39 is 0 Å². The summed E-state index contributed by atoms with van der Waals surface area (Å²) in [5, 5.41) is 0. The monoisotopic (exact) mass is 221 g/mol. The van der Waals surface area contributed by atoms with Crippen LogP contribution in [0.25, 0.3) is 0 Å². The Balaban J connectivity index is 3.03. The van der Waals surface area contributed by atoms with E-state index in [1.54, 1.807) is 23.2 Å². The quantitative estimate of drug-likeness (QED) is 0.850. The zero-order chi connectivity index (χ0) is 12.3. The number of carbonyl (C=O) groups excluding carboxylic acids is 1. The molecule has 0 fully saturated rings. The first-order chi connectivity index (χ1) is 7.43. The molecule has 0 atom stereocenters. The summed E-state index contributed by atoms with van der Waals surface area (Å²) in [6.07, 6.45) is 1.57. The first-order valence-corrected chi connectivity index (χ1v) is 5.48. The van der Waals surface area contributed by atoms with Crippen LogP contribution in [0.3, 0.4) is 0 Å². The third kappa shape index (κ3) is 2.72. The fourth-order valence-electron chi connectivity index (χ4n) is 1.45. The van der Waals surface area contributed by atoms with Crippen molar-refractivity contribution in [1.29, 1.82) is 0 Å². The molecule has 0 unspecified atom stereocenters. The Morgan fingerprint density at radius 1 is 1.31 bits per heavy atom. The largest absolute Gasteiger partial charge is 0.397 e. The summed E-state index contributed by atoms with van der Waals surface area (Å²) in [6.45, 7) is 7.71. The second-order valence-electron chi connectivity index (χ2n) is 4.41. The van der Waals surface area contributed by atoms with Gasteiger partial charge in [-0.2, -0.15) is 0 Å². The molecule has 0 saturated carbocycles. The number of anilines is 2. The Labute approximate surface area is 96.5 Å². The molecule has 0 spiro atoms. The molecule has 0 bridgehead atoms. The Kier molecular flexibility index (Phi) is 3.88. The maximum atomic E-state index is 12.0. The Morgan fingerprint density at radius 3 is 2.31 bits per heavy atom. The van der Waals surface area contributed by atoms with E-state index in [1.165, 1.54) is 0 Å². The normalized spacial score (nSPS) is 10.9. The first kappa shape index (κ1) is 12.5. The summed E-state index contributed by atoms with van der Waals surface area (Å²) in [5.41, 5.74) is 6.17. The minimum absolute atomic E-state index is 0.0400. The van der Waals surface area contributed by atoms with Crippen molar-refractivity contribution in [1.82, 2.24) is 4.98 Å². The van der Waals surface area contributed by atoms with Crippen molar-refractivity contribution in [3.63, 3.8) is 0 Å². The highest BCUT2D eigenvalue weighted by Gasteiger charge is 2.22. The Morgan fingerprint density at radius 2 is 1.94 bits per heavy atom. The van der Waals surface area contributed by atoms with Crippen LogP contribution >= 0.6 is 0 Å². The summed E-state index contributed by atoms with van der Waals surface area (Å²) >= 11 is 0. The van der Waals surface area contributed by atoms with Crippen LogP contribution in [0.15, 0.2) is 18.3 Å². The van der Waals surface area contributed by atoms with Gasteiger partial charge in [-0.1, -0.05) is 13.8 Å². The van der Waals surface area contributed by atoms with E-state index in [1.807, 2.05) is 27.7 Å². The number of hydrogen-bond acceptors (Lipinski definition) is 3. The van der Waals surface area contributed by atoms with Crippen molar-refractivity contribution in [2.75, 3.05) is 10.6 Å². The Hall–Kier alpha value is -1.58. The lowest BCUT2D eigenvalue weighted by Gasteiger charge is -2.27. The predicted molar refractivity (Wildman–Crippen MR) is 66.1 cm³/mol. The number of carbonyl (C=O) groups is 1. The van der Waals surface area contributed by atoms with Crippen LogP contribution in [-0.4, -0.2) is 16.9 Å². The second-order valence-corrected chi connectivity index (χ2v) is 4.41. The van der Waals surface area contributed by atoms with Crippen molar-refractivity contribution >= 4 is 17.4 Å². The van der Waals surface area contributed by atoms with Gasteiger partial charge in [0.15, 0.2) is 0 Å². The molecule has 0 aliphatic carbocycles. The third-order valence-corrected chi connectivity index (χ3v) is 2.27. The average molecular weight is 221 g/mol. The van der Waals surface area contributed by atoms with Crippen LogP contribution in [0.4, 0.5) is 11.5 Å². The summed E-state index contributed by atoms with van der Waals surface area (Å²) < 4.78 is 0. The molecule has 0 aromatic carbocycles. The van der Waals surface area contributed by atoms with Crippen LogP contribution in [0, 0.1) is 5.92 Å². The van der Waals surface area contributed by atoms with E-state index in [0.717, 1.165) is 0 Å². The summed E-state index contributed by atoms with van der Waals surface area (Å²) in [5.74, 6) is 0.692. The number of hydrogen-bond donors (Lipinski definition) is 1. The van der Waals surface area contributed by atoms with E-state index in [0.29, 0.717) is 11.5 Å². The molecule has 1 aromatic rings. The fraction of sp³-hybridized carbons (Fsp3) is 0.500. The molecule has 0 aliphatic heterocycles. The van der Waals surface area contributed by atoms with Crippen molar-refractivity contribution in [3.8, 4) is 0 Å². The molecule has 1 rings (SSSR count). The predicted octanol–water partition coefficient (Wildman–Crippen LogP) is 2.06. The number of amides is 1. The highest BCUT2D eigenvalue weighted by atomic mass is 16.2. The van der Waals surface area contributed by atoms with Crippen LogP contribution in [-0.2, 0) is 4.79 Å². The van der Waals surface area contributed by atoms with Gasteiger partial charge in [-0.25, -0.2) is 4.98 Å². The summed E-state index contributed by atoms with van der Waals surface area (Å²) in [6, 6.07) is 3.62. The van der Waals surface area contributed by atoms with Crippen LogP contribution < -0.4 is 10.6 Å². The number of nitrogen functional groups attached to an aromatic ring is 1. The van der Waals surface area contributed by atoms with Crippen molar-refractivity contribution < 1.29 is 4.79 Å². The lowest BCUT2D eigenvalue weighted by molar-refractivity contribution is -0.121. The number of aromatic nitrogens is 1. The number of nitrogens with two attached hydrogens (primary N) is 1. The molecule has 2 N–H and O–H groups in total. The van der Waals surface area contributed by atoms with Gasteiger partial charge in [0.1, 0.15) is 5.82 Å². The lowest BCUT2D eigenvalue weighted by Crippen LogP contribution is -2.40. The molecule has 16 heavy (non-hydrogen) atoms. The molecule has 1 heterocycles. The molecular weight excluding hydrogens is 202 g/mol. The van der Waals surface area contributed by atoms with Gasteiger partial charge in [0.05, 0.1) is 11.9 Å². The minimum Gasteiger partial charge on any atom is -0.397 e. The fourth-order valence-corrected chi connectivity index (χ4v) is 1.45. The standard InChI is InChI=1S/C12H19N3O/c1-8(2)12(16)15(9(3)4)11-6-5-10(13)7-14-11/h5-9H,13H2,1-4H3. The van der Waals surface area contributed by atoms with E-state index in [9.17, 15) is 4.79 Å². The number of nitrogens with zero attached hydrogens (tertiary/aromatic N) is 2. The van der Waals surface area contributed by atoms with Gasteiger partial charge in [0.25, 0.3) is 0 Å². The second kappa shape index (κ2) is 4.96. The van der Waals surface area contributed by atoms with E-state index in [4.69, 9.17) is 5.73 Å². The zero-order valence-electron chi connectivity index (χ0n) is 10.3. The van der Waals surface area contributed by atoms with Crippen LogP contribution in [0.1, 0.15) is 27.7 Å². The molecule has 1 amide bonds. The SMILES string of the molecule is CC(C)C(=O)N(c1ccc(N)cn1)C(C)C. The average Bonchev–Trinajstić information content (AvgIpc) is 2.20. The number of pyridine rings is 1. The highest BCUT2D eigenvalue weighted by Crippen LogP contribution is 2.18. The first-order valence-electron chi connectivity index (χ1n) is 5.48. The van der Waals surface area contributed by atoms with Gasteiger partial charge < -0.3 is 5.73 Å². The molecule has 0 saturated heterocycles. The molecule has 0 aliphatic rings. The minimum atomic E-state index is -0.0400. The molecule has 1 aromatic heterocycles. The third-order valence-electron chi connectivity index (χ3n) is 2.27. The molecule has 0 radical (unpaired) electrons. The van der Waals surface area contributed by atoms with Gasteiger partial charge in [-0.05, 0) is 26.0 Å². The maximum absolute atomic E-state index is 12.0. The molecule has 88 valence electrons. The van der Waals surface area contributed by atoms with Crippen molar-refractivity contribution in [2.45, 2.75) is 33.7 Å². The van der Waals surface area contributed by atoms with Crippen molar-refractivity contribution in [2.24, 2.45) is 5.92 Å². The van der Waals surface area contributed by atoms with Gasteiger partial charge in [0.2, 0.25) is 5.91 Å². The molecule has 4 nitrogen and oxygen atoms in total. The van der Waals surface area contributed by atoms with Crippen molar-refractivity contribution in [3.05, 3.63) is 18.3 Å². The Bertz CT molecular complexity index is 357. The lowest BCUT2D eigenvalue weighted by atomic mass is 10.1. The summed E-state index contributed by atoms with van der Waals surface area (Å²) in [4.78, 5) is 17.9.